The van der Waals surface area contributed by atoms with Crippen LogP contribution in [0.5, 0.6) is 0 Å². The van der Waals surface area contributed by atoms with Crippen molar-refractivity contribution in [2.75, 3.05) is 0 Å². The molecule has 0 nitrogen and oxygen atoms in total. The van der Waals surface area contributed by atoms with Gasteiger partial charge in [0, 0.05) is 0 Å². The minimum Gasteiger partial charge on any atom is -1.00 e. The van der Waals surface area contributed by atoms with Gasteiger partial charge in [-0.3, -0.25) is 0 Å². The third kappa shape index (κ3) is 6.36. The van der Waals surface area contributed by atoms with Crippen LogP contribution in [0, 0.1) is 0 Å². The molecule has 0 saturated carbocycles. The molecule has 0 saturated heterocycles. The summed E-state index contributed by atoms with van der Waals surface area (Å²) in [5.41, 5.74) is 14.1. The first-order valence-electron chi connectivity index (χ1n) is 17.4. The molecule has 0 aromatic heterocycles. The molecular weight excluding hydrogens is 830 g/mol. The molecule has 6 aromatic rings. The second kappa shape index (κ2) is 14.2. The molecule has 6 aromatic carbocycles. The van der Waals surface area contributed by atoms with Crippen molar-refractivity contribution in [3.63, 3.8) is 0 Å². The molecule has 2 unspecified atom stereocenters. The average molecular weight is 874 g/mol. The van der Waals surface area contributed by atoms with Crippen molar-refractivity contribution in [1.29, 1.82) is 0 Å². The first-order chi connectivity index (χ1) is 23.1. The molecule has 4 heteroatoms. The zero-order valence-corrected chi connectivity index (χ0v) is 35.9. The number of rotatable bonds is 4. The number of halogens is 2. The van der Waals surface area contributed by atoms with Crippen molar-refractivity contribution in [3.8, 4) is 22.3 Å². The van der Waals surface area contributed by atoms with Crippen LogP contribution in [0.15, 0.2) is 146 Å². The maximum absolute atomic E-state index is 3.09. The van der Waals surface area contributed by atoms with Crippen molar-refractivity contribution in [1.82, 2.24) is 0 Å². The molecule has 8 rings (SSSR count). The van der Waals surface area contributed by atoms with Crippen molar-refractivity contribution < 1.29 is 44.9 Å². The van der Waals surface area contributed by atoms with Gasteiger partial charge in [0.15, 0.2) is 0 Å². The molecule has 250 valence electrons. The van der Waals surface area contributed by atoms with Gasteiger partial charge in [-0.15, -0.1) is 0 Å². The van der Waals surface area contributed by atoms with Crippen LogP contribution in [0.1, 0.15) is 82.3 Å². The van der Waals surface area contributed by atoms with Crippen LogP contribution in [0.4, 0.5) is 0 Å². The maximum Gasteiger partial charge on any atom is -1.00 e. The van der Waals surface area contributed by atoms with Crippen molar-refractivity contribution in [3.05, 3.63) is 179 Å². The Morgan fingerprint density at radius 3 is 1.12 bits per heavy atom. The van der Waals surface area contributed by atoms with Gasteiger partial charge < -0.3 is 24.8 Å². The minimum absolute atomic E-state index is 0. The SMILES string of the molecule is CC(C)(C)c1ccc2c(c1)[CH]([Hf+2]([CH]1c3ccccc3-c3ccc(C(C)(C)C)cc31)=[Si](c1ccccc1)c1ccccc1)c1ccccc1-2.[Cl-].[Cl-]. The first kappa shape index (κ1) is 36.8. The van der Waals surface area contributed by atoms with E-state index in [9.17, 15) is 0 Å². The number of benzene rings is 6. The summed E-state index contributed by atoms with van der Waals surface area (Å²) < 4.78 is 0.917. The molecule has 2 aliphatic carbocycles. The fraction of sp³-hybridized carbons (Fsp3) is 0.217. The zero-order valence-electron chi connectivity index (χ0n) is 29.8. The van der Waals surface area contributed by atoms with Crippen molar-refractivity contribution in [2.45, 2.75) is 59.7 Å². The summed E-state index contributed by atoms with van der Waals surface area (Å²) in [7, 11) is 0. The average Bonchev–Trinajstić information content (AvgIpc) is 3.59. The van der Waals surface area contributed by atoms with Crippen LogP contribution in [0.2, 0.25) is 0 Å². The topological polar surface area (TPSA) is 0 Å². The summed E-state index contributed by atoms with van der Waals surface area (Å²) in [5.74, 6) is 0. The second-order valence-corrected chi connectivity index (χ2v) is 35.1. The summed E-state index contributed by atoms with van der Waals surface area (Å²) in [4.78, 5) is 0. The first-order valence-corrected chi connectivity index (χ1v) is 28.5. The van der Waals surface area contributed by atoms with Gasteiger partial charge in [0.25, 0.3) is 0 Å². The molecule has 0 radical (unpaired) electrons. The summed E-state index contributed by atoms with van der Waals surface area (Å²) in [5, 5.41) is 3.15. The van der Waals surface area contributed by atoms with E-state index >= 15 is 0 Å². The smallest absolute Gasteiger partial charge is 1.00 e. The molecule has 0 amide bonds. The Bertz CT molecular complexity index is 2050. The van der Waals surface area contributed by atoms with Gasteiger partial charge in [-0.2, -0.15) is 0 Å². The summed E-state index contributed by atoms with van der Waals surface area (Å²) in [6, 6.07) is 57.3. The van der Waals surface area contributed by atoms with Crippen LogP contribution in [-0.4, -0.2) is 5.49 Å². The minimum atomic E-state index is -3.09. The summed E-state index contributed by atoms with van der Waals surface area (Å²) in [6.45, 7) is 14.2. The maximum atomic E-state index is 2.63. The van der Waals surface area contributed by atoms with Crippen molar-refractivity contribution in [2.24, 2.45) is 0 Å². The molecule has 0 spiro atoms. The molecule has 50 heavy (non-hydrogen) atoms. The van der Waals surface area contributed by atoms with E-state index in [0.717, 1.165) is 0 Å². The Hall–Kier alpha value is -3.01. The largest absolute Gasteiger partial charge is 1.00 e. The van der Waals surface area contributed by atoms with Gasteiger partial charge in [0.2, 0.25) is 0 Å². The van der Waals surface area contributed by atoms with Gasteiger partial charge in [-0.1, -0.05) is 0 Å². The van der Waals surface area contributed by atoms with E-state index in [0.29, 0.717) is 7.35 Å². The van der Waals surface area contributed by atoms with Crippen LogP contribution < -0.4 is 35.2 Å². The van der Waals surface area contributed by atoms with Crippen LogP contribution in [0.3, 0.4) is 0 Å². The summed E-state index contributed by atoms with van der Waals surface area (Å²) >= 11 is -3.09. The molecule has 0 fully saturated rings. The Morgan fingerprint density at radius 2 is 0.740 bits per heavy atom. The Labute approximate surface area is 319 Å². The van der Waals surface area contributed by atoms with E-state index in [1.54, 1.807) is 32.6 Å². The second-order valence-electron chi connectivity index (χ2n) is 15.7. The number of hydrogen-bond acceptors (Lipinski definition) is 0. The van der Waals surface area contributed by atoms with E-state index in [-0.39, 0.29) is 35.6 Å². The summed E-state index contributed by atoms with van der Waals surface area (Å²) in [6.07, 6.45) is 0. The zero-order chi connectivity index (χ0) is 33.2. The number of fused-ring (bicyclic) bond motifs is 6. The molecule has 0 bridgehead atoms. The predicted octanol–water partition coefficient (Wildman–Crippen LogP) is 4.55. The normalized spacial score (nSPS) is 15.3. The fourth-order valence-corrected chi connectivity index (χ4v) is 42.4. The Balaban J connectivity index is 0.00000216. The van der Waals surface area contributed by atoms with Crippen LogP contribution >= 0.6 is 0 Å². The quantitative estimate of drug-likeness (QED) is 0.229. The van der Waals surface area contributed by atoms with E-state index in [2.05, 4.69) is 187 Å². The molecular formula is C46H44Cl2HfSi. The van der Waals surface area contributed by atoms with Gasteiger partial charge in [0.05, 0.1) is 0 Å². The Kier molecular flexibility index (Phi) is 10.4. The predicted molar refractivity (Wildman–Crippen MR) is 203 cm³/mol. The van der Waals surface area contributed by atoms with E-state index < -0.39 is 25.6 Å². The van der Waals surface area contributed by atoms with Gasteiger partial charge in [-0.05, 0) is 0 Å². The molecule has 2 aliphatic rings. The van der Waals surface area contributed by atoms with E-state index in [4.69, 9.17) is 0 Å². The van der Waals surface area contributed by atoms with Crippen LogP contribution in [-0.2, 0) is 30.9 Å². The molecule has 0 aliphatic heterocycles. The third-order valence-electron chi connectivity index (χ3n) is 10.6. The Morgan fingerprint density at radius 1 is 0.400 bits per heavy atom. The third-order valence-corrected chi connectivity index (χ3v) is 39.1. The van der Waals surface area contributed by atoms with Gasteiger partial charge in [-0.25, -0.2) is 0 Å². The standard InChI is InChI=1S/2C17H17.C12H10Si.2ClH.Hf/c2*1-17(2,3)14-8-9-16-13(11-14)10-12-6-4-5-7-15(12)16;1-3-7-11(8-4-1)13-12-9-5-2-6-10-12;;;/h2*4-11H,1-3H3;1-10H;2*1H;/q;;;;;+2/p-2. The fourth-order valence-electron chi connectivity index (χ4n) is 8.18. The molecule has 2 atom stereocenters. The monoisotopic (exact) mass is 874 g/mol. The molecule has 0 N–H and O–H groups in total. The number of hydrogen-bond donors (Lipinski definition) is 0. The van der Waals surface area contributed by atoms with E-state index in [1.165, 1.54) is 33.4 Å². The van der Waals surface area contributed by atoms with Crippen LogP contribution in [0.25, 0.3) is 22.3 Å². The molecule has 0 heterocycles. The van der Waals surface area contributed by atoms with E-state index in [1.807, 2.05) is 0 Å². The van der Waals surface area contributed by atoms with Gasteiger partial charge >= 0.3 is 297 Å². The van der Waals surface area contributed by atoms with Crippen molar-refractivity contribution >= 4 is 15.9 Å². The van der Waals surface area contributed by atoms with Gasteiger partial charge in [0.1, 0.15) is 0 Å².